The lowest BCUT2D eigenvalue weighted by Gasteiger charge is -2.35. The van der Waals surface area contributed by atoms with Crippen LogP contribution < -0.4 is 4.90 Å². The average Bonchev–Trinajstić information content (AvgIpc) is 2.84. The summed E-state index contributed by atoms with van der Waals surface area (Å²) >= 11 is 3.73. The smallest absolute Gasteiger partial charge is 0.0564 e. The fraction of sp³-hybridized carbons (Fsp3) is 0.333. The van der Waals surface area contributed by atoms with Crippen molar-refractivity contribution in [1.29, 1.82) is 0 Å². The molecule has 3 aromatic carbocycles. The molecular weight excluding hydrogens is 416 g/mol. The summed E-state index contributed by atoms with van der Waals surface area (Å²) in [5, 5.41) is 0. The van der Waals surface area contributed by atoms with Crippen LogP contribution in [0.5, 0.6) is 0 Å². The van der Waals surface area contributed by atoms with Crippen LogP contribution in [0.15, 0.2) is 87.5 Å². The van der Waals surface area contributed by atoms with Gasteiger partial charge in [0, 0.05) is 21.2 Å². The van der Waals surface area contributed by atoms with E-state index < -0.39 is 0 Å². The van der Waals surface area contributed by atoms with E-state index in [0.717, 1.165) is 12.5 Å². The van der Waals surface area contributed by atoms with Gasteiger partial charge < -0.3 is 9.80 Å². The molecule has 2 aliphatic rings. The molecule has 4 heteroatoms. The number of para-hydroxylation sites is 1. The first-order valence-corrected chi connectivity index (χ1v) is 13.4. The minimum absolute atomic E-state index is 0.736. The van der Waals surface area contributed by atoms with Crippen molar-refractivity contribution in [2.75, 3.05) is 37.3 Å². The molecule has 160 valence electrons. The van der Waals surface area contributed by atoms with Gasteiger partial charge >= 0.3 is 0 Å². The number of hydrogen-bond donors (Lipinski definition) is 0. The van der Waals surface area contributed by atoms with Crippen LogP contribution in [0, 0.1) is 0 Å². The van der Waals surface area contributed by atoms with Crippen LogP contribution in [0.25, 0.3) is 0 Å². The number of hydrogen-bond acceptors (Lipinski definition) is 4. The Hall–Kier alpha value is -1.88. The number of fused-ring (bicyclic) bond motifs is 2. The predicted molar refractivity (Wildman–Crippen MR) is 135 cm³/mol. The molecule has 3 aromatic rings. The van der Waals surface area contributed by atoms with Crippen LogP contribution in [-0.4, -0.2) is 37.3 Å². The SMILES string of the molecule is CSc1ccc2c(c1)N(CCCN1CCC(c3ccccc3)CC1)c1ccccc1S2. The van der Waals surface area contributed by atoms with E-state index in [1.165, 1.54) is 70.5 Å². The van der Waals surface area contributed by atoms with Gasteiger partial charge in [-0.2, -0.15) is 0 Å². The van der Waals surface area contributed by atoms with Crippen molar-refractivity contribution >= 4 is 34.9 Å². The van der Waals surface area contributed by atoms with E-state index in [4.69, 9.17) is 0 Å². The summed E-state index contributed by atoms with van der Waals surface area (Å²) in [4.78, 5) is 9.31. The highest BCUT2D eigenvalue weighted by molar-refractivity contribution is 8.00. The van der Waals surface area contributed by atoms with Gasteiger partial charge in [0.15, 0.2) is 0 Å². The van der Waals surface area contributed by atoms with Crippen molar-refractivity contribution in [1.82, 2.24) is 4.90 Å². The lowest BCUT2D eigenvalue weighted by molar-refractivity contribution is 0.211. The molecule has 2 heterocycles. The summed E-state index contributed by atoms with van der Waals surface area (Å²) in [7, 11) is 0. The second-order valence-corrected chi connectivity index (χ2v) is 10.4. The van der Waals surface area contributed by atoms with Gasteiger partial charge in [0.1, 0.15) is 0 Å². The number of anilines is 2. The van der Waals surface area contributed by atoms with Crippen molar-refractivity contribution in [3.05, 3.63) is 78.4 Å². The summed E-state index contributed by atoms with van der Waals surface area (Å²) in [5.74, 6) is 0.736. The average molecular weight is 447 g/mol. The molecule has 0 bridgehead atoms. The Morgan fingerprint density at radius 3 is 2.39 bits per heavy atom. The molecule has 2 aliphatic heterocycles. The monoisotopic (exact) mass is 446 g/mol. The van der Waals surface area contributed by atoms with Gasteiger partial charge in [0.2, 0.25) is 0 Å². The summed E-state index contributed by atoms with van der Waals surface area (Å²) in [6.45, 7) is 4.70. The molecule has 0 N–H and O–H groups in total. The molecule has 2 nitrogen and oxygen atoms in total. The Kier molecular flexibility index (Phi) is 6.58. The maximum Gasteiger partial charge on any atom is 0.0564 e. The van der Waals surface area contributed by atoms with Gasteiger partial charge in [-0.25, -0.2) is 0 Å². The topological polar surface area (TPSA) is 6.48 Å². The molecule has 5 rings (SSSR count). The van der Waals surface area contributed by atoms with Gasteiger partial charge in [-0.1, -0.05) is 54.2 Å². The third-order valence-corrected chi connectivity index (χ3v) is 8.40. The molecular formula is C27H30N2S2. The zero-order valence-electron chi connectivity index (χ0n) is 18.2. The highest BCUT2D eigenvalue weighted by atomic mass is 32.2. The quantitative estimate of drug-likeness (QED) is 0.367. The van der Waals surface area contributed by atoms with Crippen LogP contribution in [0.4, 0.5) is 11.4 Å². The number of likely N-dealkylation sites (tertiary alicyclic amines) is 1. The first kappa shape index (κ1) is 21.0. The largest absolute Gasteiger partial charge is 0.340 e. The molecule has 0 saturated carbocycles. The zero-order valence-corrected chi connectivity index (χ0v) is 19.8. The maximum atomic E-state index is 2.67. The van der Waals surface area contributed by atoms with E-state index in [-0.39, 0.29) is 0 Å². The lowest BCUT2D eigenvalue weighted by atomic mass is 9.89. The standard InChI is InChI=1S/C27H30N2S2/c1-30-23-12-13-27-25(20-23)29(24-10-5-6-11-26(24)31-27)17-7-16-28-18-14-22(15-19-28)21-8-3-2-4-9-21/h2-6,8-13,20,22H,7,14-19H2,1H3. The van der Waals surface area contributed by atoms with Crippen molar-refractivity contribution < 1.29 is 0 Å². The molecule has 0 atom stereocenters. The summed E-state index contributed by atoms with van der Waals surface area (Å²) in [5.41, 5.74) is 4.25. The van der Waals surface area contributed by atoms with E-state index >= 15 is 0 Å². The molecule has 1 fully saturated rings. The number of thioether (sulfide) groups is 1. The van der Waals surface area contributed by atoms with Crippen LogP contribution in [0.2, 0.25) is 0 Å². The fourth-order valence-corrected chi connectivity index (χ4v) is 6.35. The molecule has 0 spiro atoms. The van der Waals surface area contributed by atoms with Gasteiger partial charge in [0.05, 0.1) is 11.4 Å². The Labute approximate surface area is 195 Å². The Morgan fingerprint density at radius 1 is 0.839 bits per heavy atom. The minimum atomic E-state index is 0.736. The van der Waals surface area contributed by atoms with Crippen molar-refractivity contribution in [2.45, 2.75) is 39.9 Å². The van der Waals surface area contributed by atoms with Crippen molar-refractivity contribution in [3.63, 3.8) is 0 Å². The minimum Gasteiger partial charge on any atom is -0.340 e. The van der Waals surface area contributed by atoms with Crippen molar-refractivity contribution in [3.8, 4) is 0 Å². The highest BCUT2D eigenvalue weighted by Crippen LogP contribution is 2.48. The van der Waals surface area contributed by atoms with Crippen LogP contribution in [0.1, 0.15) is 30.7 Å². The molecule has 0 aliphatic carbocycles. The molecule has 0 unspecified atom stereocenters. The summed E-state index contributed by atoms with van der Waals surface area (Å²) in [6, 6.07) is 26.8. The Bertz CT molecular complexity index is 1010. The van der Waals surface area contributed by atoms with E-state index in [9.17, 15) is 0 Å². The zero-order chi connectivity index (χ0) is 21.0. The van der Waals surface area contributed by atoms with Crippen LogP contribution >= 0.6 is 23.5 Å². The fourth-order valence-electron chi connectivity index (χ4n) is 4.84. The Balaban J connectivity index is 1.23. The summed E-state index contributed by atoms with van der Waals surface area (Å²) < 4.78 is 0. The Morgan fingerprint density at radius 2 is 1.58 bits per heavy atom. The third-order valence-electron chi connectivity index (χ3n) is 6.55. The summed E-state index contributed by atoms with van der Waals surface area (Å²) in [6.07, 6.45) is 5.92. The number of piperidine rings is 1. The van der Waals surface area contributed by atoms with Crippen LogP contribution in [-0.2, 0) is 0 Å². The normalized spacial score (nSPS) is 16.7. The van der Waals surface area contributed by atoms with Gasteiger partial charge in [0.25, 0.3) is 0 Å². The molecule has 0 radical (unpaired) electrons. The first-order chi connectivity index (χ1) is 15.3. The second-order valence-electron chi connectivity index (χ2n) is 8.44. The van der Waals surface area contributed by atoms with Crippen molar-refractivity contribution in [2.24, 2.45) is 0 Å². The van der Waals surface area contributed by atoms with E-state index in [1.54, 1.807) is 0 Å². The van der Waals surface area contributed by atoms with Crippen LogP contribution in [0.3, 0.4) is 0 Å². The van der Waals surface area contributed by atoms with Gasteiger partial charge in [-0.3, -0.25) is 0 Å². The number of rotatable bonds is 6. The van der Waals surface area contributed by atoms with E-state index in [2.05, 4.69) is 88.9 Å². The predicted octanol–water partition coefficient (Wildman–Crippen LogP) is 7.28. The highest BCUT2D eigenvalue weighted by Gasteiger charge is 2.24. The molecule has 0 aromatic heterocycles. The first-order valence-electron chi connectivity index (χ1n) is 11.3. The molecule has 0 amide bonds. The van der Waals surface area contributed by atoms with Gasteiger partial charge in [-0.05, 0) is 87.0 Å². The number of benzene rings is 3. The second kappa shape index (κ2) is 9.72. The van der Waals surface area contributed by atoms with E-state index in [1.807, 2.05) is 23.5 Å². The van der Waals surface area contributed by atoms with E-state index in [0.29, 0.717) is 0 Å². The van der Waals surface area contributed by atoms with Gasteiger partial charge in [-0.15, -0.1) is 11.8 Å². The lowest BCUT2D eigenvalue weighted by Crippen LogP contribution is -2.35. The third kappa shape index (κ3) is 4.67. The maximum absolute atomic E-state index is 2.67. The molecule has 1 saturated heterocycles. The molecule has 31 heavy (non-hydrogen) atoms. The number of nitrogens with zero attached hydrogens (tertiary/aromatic N) is 2.